The van der Waals surface area contributed by atoms with Crippen molar-refractivity contribution in [2.75, 3.05) is 49.1 Å². The van der Waals surface area contributed by atoms with E-state index in [1.807, 2.05) is 11.9 Å². The molecule has 31 heavy (non-hydrogen) atoms. The van der Waals surface area contributed by atoms with E-state index in [0.29, 0.717) is 28.4 Å². The SMILES string of the molecule is COc1ccc(S(=O)(=O)N(Cl)c2cc(Cl)ccc2OC(F)F)cc1N1CCN(C)CC1. The van der Waals surface area contributed by atoms with E-state index in [2.05, 4.69) is 9.64 Å². The highest BCUT2D eigenvalue weighted by molar-refractivity contribution is 7.94. The van der Waals surface area contributed by atoms with Gasteiger partial charge in [0.15, 0.2) is 5.75 Å². The van der Waals surface area contributed by atoms with Crippen molar-refractivity contribution >= 4 is 44.8 Å². The third-order valence-electron chi connectivity index (χ3n) is 4.83. The Labute approximate surface area is 189 Å². The van der Waals surface area contributed by atoms with Gasteiger partial charge in [-0.1, -0.05) is 11.6 Å². The van der Waals surface area contributed by atoms with Crippen LogP contribution in [0.5, 0.6) is 11.5 Å². The summed E-state index contributed by atoms with van der Waals surface area (Å²) >= 11 is 12.1. The van der Waals surface area contributed by atoms with E-state index >= 15 is 0 Å². The van der Waals surface area contributed by atoms with Gasteiger partial charge in [-0.25, -0.2) is 0 Å². The van der Waals surface area contributed by atoms with Gasteiger partial charge in [0.1, 0.15) is 11.4 Å². The maximum absolute atomic E-state index is 13.2. The predicted molar refractivity (Wildman–Crippen MR) is 116 cm³/mol. The molecule has 0 N–H and O–H groups in total. The second-order valence-corrected chi connectivity index (χ2v) is 9.60. The molecule has 0 aliphatic carbocycles. The zero-order valence-electron chi connectivity index (χ0n) is 16.8. The monoisotopic (exact) mass is 495 g/mol. The van der Waals surface area contributed by atoms with E-state index in [1.165, 1.54) is 31.4 Å². The quantitative estimate of drug-likeness (QED) is 0.540. The van der Waals surface area contributed by atoms with Crippen molar-refractivity contribution in [3.8, 4) is 11.5 Å². The molecule has 3 rings (SSSR count). The van der Waals surface area contributed by atoms with Crippen molar-refractivity contribution in [3.63, 3.8) is 0 Å². The molecule has 0 unspecified atom stereocenters. The van der Waals surface area contributed by atoms with Crippen molar-refractivity contribution < 1.29 is 26.7 Å². The van der Waals surface area contributed by atoms with Crippen LogP contribution >= 0.6 is 23.4 Å². The fourth-order valence-electron chi connectivity index (χ4n) is 3.17. The third-order valence-corrected chi connectivity index (χ3v) is 7.26. The van der Waals surface area contributed by atoms with E-state index in [0.717, 1.165) is 25.2 Å². The average molecular weight is 496 g/mol. The lowest BCUT2D eigenvalue weighted by Gasteiger charge is -2.35. The van der Waals surface area contributed by atoms with E-state index in [1.54, 1.807) is 0 Å². The number of anilines is 2. The summed E-state index contributed by atoms with van der Waals surface area (Å²) in [5, 5.41) is 0.102. The van der Waals surface area contributed by atoms with Crippen LogP contribution in [0.15, 0.2) is 41.3 Å². The van der Waals surface area contributed by atoms with Gasteiger partial charge < -0.3 is 19.3 Å². The van der Waals surface area contributed by atoms with Crippen LogP contribution in [-0.4, -0.2) is 60.3 Å². The van der Waals surface area contributed by atoms with Crippen LogP contribution in [0.3, 0.4) is 0 Å². The lowest BCUT2D eigenvalue weighted by Crippen LogP contribution is -2.44. The Kier molecular flexibility index (Phi) is 7.35. The van der Waals surface area contributed by atoms with Gasteiger partial charge in [-0.2, -0.15) is 21.0 Å². The van der Waals surface area contributed by atoms with Gasteiger partial charge in [0.2, 0.25) is 0 Å². The number of methoxy groups -OCH3 is 1. The van der Waals surface area contributed by atoms with Gasteiger partial charge >= 0.3 is 6.61 Å². The Balaban J connectivity index is 2.00. The van der Waals surface area contributed by atoms with Crippen LogP contribution in [0.1, 0.15) is 0 Å². The second kappa shape index (κ2) is 9.64. The number of hydrogen-bond acceptors (Lipinski definition) is 6. The zero-order chi connectivity index (χ0) is 22.8. The van der Waals surface area contributed by atoms with E-state index in [4.69, 9.17) is 28.1 Å². The molecule has 0 aromatic heterocycles. The fourth-order valence-corrected chi connectivity index (χ4v) is 4.80. The van der Waals surface area contributed by atoms with Crippen molar-refractivity contribution in [3.05, 3.63) is 41.4 Å². The summed E-state index contributed by atoms with van der Waals surface area (Å²) < 4.78 is 62.1. The Hall–Kier alpha value is -2.01. The first kappa shape index (κ1) is 23.6. The molecule has 0 radical (unpaired) electrons. The summed E-state index contributed by atoms with van der Waals surface area (Å²) in [6.45, 7) is -0.196. The van der Waals surface area contributed by atoms with Crippen LogP contribution in [0, 0.1) is 0 Å². The van der Waals surface area contributed by atoms with Gasteiger partial charge in [-0.15, -0.1) is 0 Å². The van der Waals surface area contributed by atoms with Gasteiger partial charge in [0.25, 0.3) is 10.0 Å². The first-order chi connectivity index (χ1) is 14.6. The molecule has 1 aliphatic heterocycles. The molecule has 0 saturated carbocycles. The minimum absolute atomic E-state index is 0.102. The van der Waals surface area contributed by atoms with Crippen molar-refractivity contribution in [2.45, 2.75) is 11.5 Å². The average Bonchev–Trinajstić information content (AvgIpc) is 2.74. The molecule has 0 bridgehead atoms. The third kappa shape index (κ3) is 5.25. The molecule has 1 saturated heterocycles. The number of nitrogens with zero attached hydrogens (tertiary/aromatic N) is 3. The van der Waals surface area contributed by atoms with Crippen LogP contribution in [0.25, 0.3) is 0 Å². The molecule has 0 atom stereocenters. The van der Waals surface area contributed by atoms with Crippen LogP contribution in [0.2, 0.25) is 5.02 Å². The Morgan fingerprint density at radius 1 is 1.06 bits per heavy atom. The normalized spacial score (nSPS) is 15.3. The molecule has 170 valence electrons. The molecule has 1 heterocycles. The summed E-state index contributed by atoms with van der Waals surface area (Å²) in [6.07, 6.45) is 0. The molecule has 12 heteroatoms. The maximum Gasteiger partial charge on any atom is 0.387 e. The Bertz CT molecular complexity index is 1030. The van der Waals surface area contributed by atoms with Crippen molar-refractivity contribution in [1.29, 1.82) is 0 Å². The molecular weight excluding hydrogens is 475 g/mol. The predicted octanol–water partition coefficient (Wildman–Crippen LogP) is 4.05. The van der Waals surface area contributed by atoms with Crippen LogP contribution < -0.4 is 18.2 Å². The van der Waals surface area contributed by atoms with E-state index in [-0.39, 0.29) is 15.6 Å². The lowest BCUT2D eigenvalue weighted by atomic mass is 10.2. The molecule has 1 aliphatic rings. The maximum atomic E-state index is 13.2. The summed E-state index contributed by atoms with van der Waals surface area (Å²) in [7, 11) is -0.840. The number of piperazine rings is 1. The number of benzene rings is 2. The highest BCUT2D eigenvalue weighted by Crippen LogP contribution is 2.39. The van der Waals surface area contributed by atoms with Crippen molar-refractivity contribution in [1.82, 2.24) is 4.90 Å². The summed E-state index contributed by atoms with van der Waals surface area (Å²) in [6, 6.07) is 7.86. The molecule has 2 aromatic carbocycles. The highest BCUT2D eigenvalue weighted by Gasteiger charge is 2.29. The topological polar surface area (TPSA) is 62.3 Å². The smallest absolute Gasteiger partial charge is 0.387 e. The summed E-state index contributed by atoms with van der Waals surface area (Å²) in [5.41, 5.74) is 0.267. The van der Waals surface area contributed by atoms with E-state index < -0.39 is 22.4 Å². The molecule has 0 amide bonds. The van der Waals surface area contributed by atoms with Gasteiger partial charge in [0.05, 0.1) is 17.7 Å². The van der Waals surface area contributed by atoms with E-state index in [9.17, 15) is 17.2 Å². The Morgan fingerprint density at radius 2 is 1.71 bits per heavy atom. The second-order valence-electron chi connectivity index (χ2n) is 6.83. The van der Waals surface area contributed by atoms with Crippen LogP contribution in [-0.2, 0) is 10.0 Å². The highest BCUT2D eigenvalue weighted by atomic mass is 35.5. The minimum Gasteiger partial charge on any atom is -0.495 e. The number of hydrogen-bond donors (Lipinski definition) is 0. The number of likely N-dealkylation sites (N-methyl/N-ethyl adjacent to an activating group) is 1. The van der Waals surface area contributed by atoms with Crippen LogP contribution in [0.4, 0.5) is 20.2 Å². The first-order valence-electron chi connectivity index (χ1n) is 9.20. The van der Waals surface area contributed by atoms with Gasteiger partial charge in [-0.3, -0.25) is 0 Å². The standard InChI is InChI=1S/C19H21Cl2F2N3O4S/c1-24-7-9-25(10-8-24)15-12-14(4-6-17(15)29-2)31(27,28)26(21)16-11-13(20)3-5-18(16)30-19(22)23/h3-6,11-12,19H,7-10H2,1-2H3. The summed E-state index contributed by atoms with van der Waals surface area (Å²) in [5.74, 6) is 0.0832. The zero-order valence-corrected chi connectivity index (χ0v) is 19.1. The molecular formula is C19H21Cl2F2N3O4S. The lowest BCUT2D eigenvalue weighted by molar-refractivity contribution is -0.0494. The summed E-state index contributed by atoms with van der Waals surface area (Å²) in [4.78, 5) is 4.04. The molecule has 1 fully saturated rings. The number of ether oxygens (including phenoxy) is 2. The molecule has 7 nitrogen and oxygen atoms in total. The number of alkyl halides is 2. The Morgan fingerprint density at radius 3 is 2.32 bits per heavy atom. The van der Waals surface area contributed by atoms with Crippen molar-refractivity contribution in [2.24, 2.45) is 0 Å². The number of sulfonamides is 1. The first-order valence-corrected chi connectivity index (χ1v) is 11.4. The number of rotatable bonds is 7. The number of halogens is 4. The van der Waals surface area contributed by atoms with Gasteiger partial charge in [0, 0.05) is 43.0 Å². The minimum atomic E-state index is -4.34. The fraction of sp³-hybridized carbons (Fsp3) is 0.368. The van der Waals surface area contributed by atoms with Gasteiger partial charge in [-0.05, 0) is 43.4 Å². The largest absolute Gasteiger partial charge is 0.495 e. The molecule has 2 aromatic rings. The molecule has 0 spiro atoms.